The summed E-state index contributed by atoms with van der Waals surface area (Å²) in [5.74, 6) is 0. The summed E-state index contributed by atoms with van der Waals surface area (Å²) in [5.41, 5.74) is 9.52. The number of benzene rings is 2. The van der Waals surface area contributed by atoms with Gasteiger partial charge in [-0.05, 0) is 99.2 Å². The summed E-state index contributed by atoms with van der Waals surface area (Å²) in [6.45, 7) is 10.4. The number of nitrogens with zero attached hydrogens (tertiary/aromatic N) is 3. The van der Waals surface area contributed by atoms with Crippen LogP contribution in [0.1, 0.15) is 61.2 Å². The van der Waals surface area contributed by atoms with Crippen molar-refractivity contribution in [2.75, 3.05) is 7.05 Å². The van der Waals surface area contributed by atoms with Crippen molar-refractivity contribution in [3.8, 4) is 0 Å². The zero-order valence-corrected chi connectivity index (χ0v) is 22.3. The Morgan fingerprint density at radius 3 is 2.58 bits per heavy atom. The highest BCUT2D eigenvalue weighted by Crippen LogP contribution is 2.36. The Labute approximate surface area is 215 Å². The third kappa shape index (κ3) is 4.61. The second-order valence-electron chi connectivity index (χ2n) is 9.18. The van der Waals surface area contributed by atoms with E-state index in [-0.39, 0.29) is 0 Å². The van der Waals surface area contributed by atoms with E-state index in [1.165, 1.54) is 22.3 Å². The Kier molecular flexibility index (Phi) is 7.76. The summed E-state index contributed by atoms with van der Waals surface area (Å²) in [6, 6.07) is 15.6. The number of hydrogen-bond acceptors (Lipinski definition) is 4. The minimum Gasteiger partial charge on any atom is -0.302 e. The van der Waals surface area contributed by atoms with Gasteiger partial charge in [-0.3, -0.25) is 4.98 Å². The first-order chi connectivity index (χ1) is 17.5. The first-order valence-electron chi connectivity index (χ1n) is 12.7. The second-order valence-corrected chi connectivity index (χ2v) is 9.18. The molecule has 1 aliphatic rings. The van der Waals surface area contributed by atoms with Gasteiger partial charge in [0.1, 0.15) is 5.54 Å². The molecule has 1 aromatic heterocycles. The average molecular weight is 477 g/mol. The maximum absolute atomic E-state index is 4.96. The maximum atomic E-state index is 4.96. The molecule has 1 aliphatic carbocycles. The van der Waals surface area contributed by atoms with Crippen LogP contribution in [0, 0.1) is 6.92 Å². The zero-order valence-electron chi connectivity index (χ0n) is 22.3. The number of fused-ring (bicyclic) bond motifs is 3. The lowest BCUT2D eigenvalue weighted by Gasteiger charge is -2.35. The second kappa shape index (κ2) is 11.0. The summed E-state index contributed by atoms with van der Waals surface area (Å²) in [6.07, 6.45) is 14.4. The molecule has 184 valence electrons. The van der Waals surface area contributed by atoms with Gasteiger partial charge < -0.3 is 5.32 Å². The van der Waals surface area contributed by atoms with E-state index in [9.17, 15) is 0 Å². The van der Waals surface area contributed by atoms with Crippen LogP contribution in [-0.2, 0) is 18.4 Å². The van der Waals surface area contributed by atoms with Crippen LogP contribution >= 0.6 is 0 Å². The summed E-state index contributed by atoms with van der Waals surface area (Å²) in [7, 11) is 2.00. The lowest BCUT2D eigenvalue weighted by atomic mass is 9.77. The van der Waals surface area contributed by atoms with E-state index in [1.807, 2.05) is 14.0 Å². The fourth-order valence-corrected chi connectivity index (χ4v) is 5.11. The smallest absolute Gasteiger partial charge is 0.109 e. The molecule has 36 heavy (non-hydrogen) atoms. The van der Waals surface area contributed by atoms with Crippen molar-refractivity contribution in [1.29, 1.82) is 0 Å². The molecule has 4 heteroatoms. The van der Waals surface area contributed by atoms with Gasteiger partial charge in [-0.25, -0.2) is 0 Å². The molecule has 0 spiro atoms. The molecule has 1 heterocycles. The predicted octanol–water partition coefficient (Wildman–Crippen LogP) is 7.11. The molecule has 0 saturated heterocycles. The largest absolute Gasteiger partial charge is 0.302 e. The maximum Gasteiger partial charge on any atom is 0.109 e. The Morgan fingerprint density at radius 2 is 1.86 bits per heavy atom. The van der Waals surface area contributed by atoms with Crippen LogP contribution in [0.15, 0.2) is 83.0 Å². The van der Waals surface area contributed by atoms with Crippen molar-refractivity contribution in [2.45, 2.75) is 53.0 Å². The standard InChI is InChI=1S/C32H36N4/c1-7-24-13-11-10-12-14-25-19-26(16-15-22(25)4)32(33-6,23(5)36-34-9-3)27-17-18-31-30(20-27)29(24)21-28(8-2)35-31/h7,9-13,15-21,33H,8,14H2,1-6H3/b12-10+,13-11-,24-7+,34-9-,36-23+. The normalized spacial score (nSPS) is 21.3. The molecule has 4 rings (SSSR count). The lowest BCUT2D eigenvalue weighted by Crippen LogP contribution is -2.47. The first kappa shape index (κ1) is 25.5. The zero-order chi connectivity index (χ0) is 25.7. The van der Waals surface area contributed by atoms with E-state index in [0.717, 1.165) is 46.3 Å². The summed E-state index contributed by atoms with van der Waals surface area (Å²) >= 11 is 0. The van der Waals surface area contributed by atoms with Crippen molar-refractivity contribution in [3.63, 3.8) is 0 Å². The Morgan fingerprint density at radius 1 is 1.08 bits per heavy atom. The van der Waals surface area contributed by atoms with E-state index in [1.54, 1.807) is 6.21 Å². The molecule has 0 radical (unpaired) electrons. The monoisotopic (exact) mass is 476 g/mol. The van der Waals surface area contributed by atoms with Crippen molar-refractivity contribution in [2.24, 2.45) is 10.2 Å². The number of hydrogen-bond donors (Lipinski definition) is 1. The number of aryl methyl sites for hydroxylation is 2. The Balaban J connectivity index is 2.15. The summed E-state index contributed by atoms with van der Waals surface area (Å²) in [5, 5.41) is 13.7. The molecule has 1 unspecified atom stereocenters. The highest BCUT2D eigenvalue weighted by atomic mass is 15.2. The fourth-order valence-electron chi connectivity index (χ4n) is 5.11. The number of nitrogens with one attached hydrogen (secondary N) is 1. The molecular weight excluding hydrogens is 440 g/mol. The van der Waals surface area contributed by atoms with E-state index in [0.29, 0.717) is 0 Å². The molecule has 4 nitrogen and oxygen atoms in total. The number of pyridine rings is 1. The molecule has 3 aromatic rings. The van der Waals surface area contributed by atoms with Gasteiger partial charge in [0.2, 0.25) is 0 Å². The van der Waals surface area contributed by atoms with E-state index in [2.05, 4.69) is 116 Å². The van der Waals surface area contributed by atoms with Gasteiger partial charge in [-0.15, -0.1) is 0 Å². The third-order valence-electron chi connectivity index (χ3n) is 7.16. The minimum absolute atomic E-state index is 0.649. The Bertz CT molecular complexity index is 1420. The van der Waals surface area contributed by atoms with Crippen LogP contribution in [-0.4, -0.2) is 24.0 Å². The van der Waals surface area contributed by atoms with Crippen LogP contribution in [0.2, 0.25) is 0 Å². The van der Waals surface area contributed by atoms with Crippen LogP contribution in [0.5, 0.6) is 0 Å². The van der Waals surface area contributed by atoms with Crippen molar-refractivity contribution in [3.05, 3.63) is 106 Å². The molecule has 1 atom stereocenters. The predicted molar refractivity (Wildman–Crippen MR) is 155 cm³/mol. The molecule has 0 fully saturated rings. The molecule has 0 saturated carbocycles. The minimum atomic E-state index is -0.649. The number of allylic oxidation sites excluding steroid dienone is 6. The fraction of sp³-hybridized carbons (Fsp3) is 0.281. The van der Waals surface area contributed by atoms with Gasteiger partial charge in [-0.1, -0.05) is 61.6 Å². The molecule has 0 amide bonds. The third-order valence-corrected chi connectivity index (χ3v) is 7.16. The number of rotatable bonds is 4. The quantitative estimate of drug-likeness (QED) is 0.322. The Hall–Kier alpha value is -3.63. The van der Waals surface area contributed by atoms with Gasteiger partial charge in [0.05, 0.1) is 11.2 Å². The SMILES string of the molecule is C/C=N\N=C(/C)C1(NC)c2ccc(C)c(c2)C/C=C/C=C\C(=C/C)c2cc(CC)nc3ccc1cc23. The van der Waals surface area contributed by atoms with E-state index in [4.69, 9.17) is 4.98 Å². The van der Waals surface area contributed by atoms with Gasteiger partial charge >= 0.3 is 0 Å². The van der Waals surface area contributed by atoms with Gasteiger partial charge in [0, 0.05) is 17.3 Å². The molecule has 2 aromatic carbocycles. The van der Waals surface area contributed by atoms with E-state index >= 15 is 0 Å². The first-order valence-corrected chi connectivity index (χ1v) is 12.7. The summed E-state index contributed by atoms with van der Waals surface area (Å²) < 4.78 is 0. The number of aromatic nitrogens is 1. The molecular formula is C32H36N4. The molecule has 1 N–H and O–H groups in total. The highest BCUT2D eigenvalue weighted by Gasteiger charge is 2.37. The average Bonchev–Trinajstić information content (AvgIpc) is 2.90. The van der Waals surface area contributed by atoms with Crippen LogP contribution in [0.25, 0.3) is 16.5 Å². The summed E-state index contributed by atoms with van der Waals surface area (Å²) in [4.78, 5) is 4.96. The van der Waals surface area contributed by atoms with Crippen molar-refractivity contribution < 1.29 is 0 Å². The van der Waals surface area contributed by atoms with Crippen LogP contribution in [0.4, 0.5) is 0 Å². The molecule has 0 aliphatic heterocycles. The van der Waals surface area contributed by atoms with Crippen LogP contribution < -0.4 is 5.32 Å². The highest BCUT2D eigenvalue weighted by molar-refractivity contribution is 5.99. The van der Waals surface area contributed by atoms with E-state index < -0.39 is 5.54 Å². The van der Waals surface area contributed by atoms with Crippen LogP contribution in [0.3, 0.4) is 0 Å². The molecule has 4 bridgehead atoms. The van der Waals surface area contributed by atoms with Gasteiger partial charge in [0.25, 0.3) is 0 Å². The van der Waals surface area contributed by atoms with Gasteiger partial charge in [-0.2, -0.15) is 10.2 Å². The van der Waals surface area contributed by atoms with Crippen molar-refractivity contribution >= 4 is 28.4 Å². The lowest BCUT2D eigenvalue weighted by molar-refractivity contribution is 0.578. The van der Waals surface area contributed by atoms with Crippen molar-refractivity contribution in [1.82, 2.24) is 10.3 Å². The topological polar surface area (TPSA) is 49.6 Å². The van der Waals surface area contributed by atoms with Gasteiger partial charge in [0.15, 0.2) is 0 Å².